The van der Waals surface area contributed by atoms with Crippen LogP contribution in [0.4, 0.5) is 5.69 Å². The van der Waals surface area contributed by atoms with E-state index in [2.05, 4.69) is 21.2 Å². The van der Waals surface area contributed by atoms with Crippen LogP contribution in [0.2, 0.25) is 5.02 Å². The summed E-state index contributed by atoms with van der Waals surface area (Å²) >= 11 is 8.98. The fourth-order valence-electron chi connectivity index (χ4n) is 1.33. The summed E-state index contributed by atoms with van der Waals surface area (Å²) in [6, 6.07) is 3.19. The number of hydrogen-bond donors (Lipinski definition) is 1. The topological polar surface area (TPSA) is 64.4 Å². The maximum atomic E-state index is 10.9. The lowest BCUT2D eigenvalue weighted by Gasteiger charge is -2.11. The minimum absolute atomic E-state index is 0.140. The first-order chi connectivity index (χ1) is 8.41. The fraction of sp³-hybridized carbons (Fsp3) is 0.455. The molecule has 0 unspecified atom stereocenters. The zero-order valence-corrected chi connectivity index (χ0v) is 12.4. The molecule has 18 heavy (non-hydrogen) atoms. The molecular formula is C11H14BrClN2O3. The minimum atomic E-state index is -0.512. The maximum Gasteiger partial charge on any atom is 0.313 e. The summed E-state index contributed by atoms with van der Waals surface area (Å²) in [5.41, 5.74) is -0.140. The molecule has 0 spiro atoms. The normalized spacial score (nSPS) is 10.7. The molecule has 1 rings (SSSR count). The summed E-state index contributed by atoms with van der Waals surface area (Å²) in [7, 11) is 0. The van der Waals surface area contributed by atoms with Gasteiger partial charge in [-0.15, -0.1) is 0 Å². The van der Waals surface area contributed by atoms with Crippen LogP contribution >= 0.6 is 27.5 Å². The molecule has 1 aromatic carbocycles. The highest BCUT2D eigenvalue weighted by Gasteiger charge is 2.19. The van der Waals surface area contributed by atoms with E-state index in [1.165, 1.54) is 6.07 Å². The van der Waals surface area contributed by atoms with E-state index in [0.717, 1.165) is 0 Å². The van der Waals surface area contributed by atoms with Crippen molar-refractivity contribution in [2.75, 3.05) is 13.2 Å². The van der Waals surface area contributed by atoms with E-state index in [0.29, 0.717) is 28.7 Å². The van der Waals surface area contributed by atoms with Crippen molar-refractivity contribution < 1.29 is 9.66 Å². The van der Waals surface area contributed by atoms with Crippen LogP contribution < -0.4 is 10.1 Å². The van der Waals surface area contributed by atoms with Gasteiger partial charge in [-0.3, -0.25) is 10.1 Å². The summed E-state index contributed by atoms with van der Waals surface area (Å²) in [5, 5.41) is 14.3. The Balaban J connectivity index is 2.77. The molecule has 0 saturated carbocycles. The third-order valence-corrected chi connectivity index (χ3v) is 2.89. The Labute approximate surface area is 119 Å². The molecule has 100 valence electrons. The number of rotatable bonds is 6. The first kappa shape index (κ1) is 15.2. The molecule has 0 aromatic heterocycles. The van der Waals surface area contributed by atoms with Gasteiger partial charge in [0.15, 0.2) is 0 Å². The minimum Gasteiger partial charge on any atom is -0.485 e. The van der Waals surface area contributed by atoms with Crippen LogP contribution in [0.3, 0.4) is 0 Å². The lowest BCUT2D eigenvalue weighted by molar-refractivity contribution is -0.385. The van der Waals surface area contributed by atoms with E-state index < -0.39 is 4.92 Å². The lowest BCUT2D eigenvalue weighted by Crippen LogP contribution is -2.27. The van der Waals surface area contributed by atoms with Gasteiger partial charge in [-0.1, -0.05) is 25.4 Å². The van der Waals surface area contributed by atoms with E-state index in [1.54, 1.807) is 6.07 Å². The van der Waals surface area contributed by atoms with Gasteiger partial charge in [0.25, 0.3) is 0 Å². The summed E-state index contributed by atoms with van der Waals surface area (Å²) < 4.78 is 5.90. The SMILES string of the molecule is CC(C)NCCOc1c(Br)cc(Cl)cc1[N+](=O)[O-]. The molecular weight excluding hydrogens is 323 g/mol. The summed E-state index contributed by atoms with van der Waals surface area (Å²) in [6.07, 6.45) is 0. The molecule has 0 saturated heterocycles. The zero-order valence-electron chi connectivity index (χ0n) is 10.1. The average Bonchev–Trinajstić information content (AvgIpc) is 2.25. The second-order valence-electron chi connectivity index (χ2n) is 3.95. The second-order valence-corrected chi connectivity index (χ2v) is 5.24. The van der Waals surface area contributed by atoms with Crippen LogP contribution in [0, 0.1) is 10.1 Å². The monoisotopic (exact) mass is 336 g/mol. The first-order valence-electron chi connectivity index (χ1n) is 5.41. The third-order valence-electron chi connectivity index (χ3n) is 2.09. The second kappa shape index (κ2) is 6.92. The Hall–Kier alpha value is -0.850. The van der Waals surface area contributed by atoms with Gasteiger partial charge in [0, 0.05) is 23.7 Å². The number of benzene rings is 1. The number of nitro groups is 1. The number of nitrogens with one attached hydrogen (secondary N) is 1. The van der Waals surface area contributed by atoms with Crippen molar-refractivity contribution in [1.82, 2.24) is 5.32 Å². The maximum absolute atomic E-state index is 10.9. The molecule has 0 amide bonds. The zero-order chi connectivity index (χ0) is 13.7. The Morgan fingerprint density at radius 2 is 2.22 bits per heavy atom. The Bertz CT molecular complexity index is 441. The van der Waals surface area contributed by atoms with Crippen LogP contribution in [-0.2, 0) is 0 Å². The first-order valence-corrected chi connectivity index (χ1v) is 6.58. The highest BCUT2D eigenvalue weighted by atomic mass is 79.9. The molecule has 1 aromatic rings. The van der Waals surface area contributed by atoms with Crippen LogP contribution in [0.15, 0.2) is 16.6 Å². The van der Waals surface area contributed by atoms with E-state index in [-0.39, 0.29) is 11.4 Å². The number of halogens is 2. The predicted molar refractivity (Wildman–Crippen MR) is 74.4 cm³/mol. The van der Waals surface area contributed by atoms with Crippen molar-refractivity contribution in [3.8, 4) is 5.75 Å². The van der Waals surface area contributed by atoms with E-state index >= 15 is 0 Å². The molecule has 0 fully saturated rings. The lowest BCUT2D eigenvalue weighted by atomic mass is 10.3. The van der Waals surface area contributed by atoms with Crippen molar-refractivity contribution in [2.24, 2.45) is 0 Å². The van der Waals surface area contributed by atoms with Crippen molar-refractivity contribution in [3.05, 3.63) is 31.7 Å². The van der Waals surface area contributed by atoms with Gasteiger partial charge in [-0.05, 0) is 22.0 Å². The van der Waals surface area contributed by atoms with Gasteiger partial charge in [0.1, 0.15) is 6.61 Å². The molecule has 0 aliphatic heterocycles. The summed E-state index contributed by atoms with van der Waals surface area (Å²) in [5.74, 6) is 0.204. The van der Waals surface area contributed by atoms with Gasteiger partial charge in [-0.2, -0.15) is 0 Å². The molecule has 7 heteroatoms. The predicted octanol–water partition coefficient (Wildman–Crippen LogP) is 3.39. The number of nitrogens with zero attached hydrogens (tertiary/aromatic N) is 1. The molecule has 0 aliphatic rings. The average molecular weight is 338 g/mol. The molecule has 0 bridgehead atoms. The van der Waals surface area contributed by atoms with Gasteiger partial charge < -0.3 is 10.1 Å². The molecule has 0 aliphatic carbocycles. The van der Waals surface area contributed by atoms with Gasteiger partial charge >= 0.3 is 5.69 Å². The van der Waals surface area contributed by atoms with Crippen molar-refractivity contribution >= 4 is 33.2 Å². The Kier molecular flexibility index (Phi) is 5.84. The van der Waals surface area contributed by atoms with Crippen LogP contribution in [0.1, 0.15) is 13.8 Å². The van der Waals surface area contributed by atoms with Gasteiger partial charge in [0.2, 0.25) is 5.75 Å². The van der Waals surface area contributed by atoms with Crippen molar-refractivity contribution in [2.45, 2.75) is 19.9 Å². The van der Waals surface area contributed by atoms with E-state index in [1.807, 2.05) is 13.8 Å². The number of hydrogen-bond acceptors (Lipinski definition) is 4. The fourth-order valence-corrected chi connectivity index (χ4v) is 2.23. The van der Waals surface area contributed by atoms with E-state index in [4.69, 9.17) is 16.3 Å². The van der Waals surface area contributed by atoms with Crippen molar-refractivity contribution in [1.29, 1.82) is 0 Å². The highest BCUT2D eigenvalue weighted by molar-refractivity contribution is 9.10. The van der Waals surface area contributed by atoms with Gasteiger partial charge in [0.05, 0.1) is 9.40 Å². The molecule has 0 heterocycles. The third kappa shape index (κ3) is 4.44. The summed E-state index contributed by atoms with van der Waals surface area (Å²) in [4.78, 5) is 10.4. The molecule has 5 nitrogen and oxygen atoms in total. The molecule has 0 atom stereocenters. The van der Waals surface area contributed by atoms with Crippen LogP contribution in [0.25, 0.3) is 0 Å². The van der Waals surface area contributed by atoms with Crippen LogP contribution in [-0.4, -0.2) is 24.1 Å². The van der Waals surface area contributed by atoms with Gasteiger partial charge in [-0.25, -0.2) is 0 Å². The number of ether oxygens (including phenoxy) is 1. The van der Waals surface area contributed by atoms with Crippen LogP contribution in [0.5, 0.6) is 5.75 Å². The molecule has 1 N–H and O–H groups in total. The summed E-state index contributed by atoms with van der Waals surface area (Å²) in [6.45, 7) is 4.99. The smallest absolute Gasteiger partial charge is 0.313 e. The number of nitro benzene ring substituents is 1. The standard InChI is InChI=1S/C11H14BrClN2O3/c1-7(2)14-3-4-18-11-9(12)5-8(13)6-10(11)15(16)17/h5-7,14H,3-4H2,1-2H3. The largest absolute Gasteiger partial charge is 0.485 e. The quantitative estimate of drug-likeness (QED) is 0.491. The Morgan fingerprint density at radius 3 is 2.78 bits per heavy atom. The molecule has 0 radical (unpaired) electrons. The Morgan fingerprint density at radius 1 is 1.56 bits per heavy atom. The highest BCUT2D eigenvalue weighted by Crippen LogP contribution is 2.37. The van der Waals surface area contributed by atoms with E-state index in [9.17, 15) is 10.1 Å². The van der Waals surface area contributed by atoms with Crippen molar-refractivity contribution in [3.63, 3.8) is 0 Å².